The van der Waals surface area contributed by atoms with Gasteiger partial charge in [-0.2, -0.15) is 0 Å². The van der Waals surface area contributed by atoms with Gasteiger partial charge in [0.15, 0.2) is 5.78 Å². The van der Waals surface area contributed by atoms with E-state index >= 15 is 0 Å². The Labute approximate surface area is 123 Å². The third-order valence-corrected chi connectivity index (χ3v) is 3.93. The molecule has 0 unspecified atom stereocenters. The average Bonchev–Trinajstić information content (AvgIpc) is 2.41. The molecule has 1 heterocycles. The third-order valence-electron chi connectivity index (χ3n) is 3.43. The van der Waals surface area contributed by atoms with Gasteiger partial charge in [-0.15, -0.1) is 0 Å². The number of likely N-dealkylation sites (tertiary alicyclic amines) is 1. The van der Waals surface area contributed by atoms with E-state index in [1.807, 2.05) is 18.2 Å². The summed E-state index contributed by atoms with van der Waals surface area (Å²) < 4.78 is 6.68. The molecule has 4 heteroatoms. The van der Waals surface area contributed by atoms with Crippen molar-refractivity contribution in [2.75, 3.05) is 26.2 Å². The second-order valence-electron chi connectivity index (χ2n) is 4.95. The van der Waals surface area contributed by atoms with Gasteiger partial charge in [-0.05, 0) is 51.1 Å². The molecule has 0 spiro atoms. The molecule has 0 amide bonds. The molecule has 1 aromatic carbocycles. The Morgan fingerprint density at radius 3 is 2.74 bits per heavy atom. The van der Waals surface area contributed by atoms with Crippen molar-refractivity contribution in [1.82, 2.24) is 4.90 Å². The van der Waals surface area contributed by atoms with E-state index in [1.54, 1.807) is 6.92 Å². The van der Waals surface area contributed by atoms with Crippen LogP contribution in [0.15, 0.2) is 22.7 Å². The van der Waals surface area contributed by atoms with Crippen molar-refractivity contribution >= 4 is 21.7 Å². The molecule has 1 aliphatic heterocycles. The lowest BCUT2D eigenvalue weighted by molar-refractivity contribution is 0.101. The van der Waals surface area contributed by atoms with Crippen molar-refractivity contribution < 1.29 is 9.53 Å². The number of carbonyl (C=O) groups is 1. The van der Waals surface area contributed by atoms with E-state index in [0.29, 0.717) is 17.9 Å². The molecule has 0 bridgehead atoms. The van der Waals surface area contributed by atoms with E-state index in [2.05, 4.69) is 20.8 Å². The first-order chi connectivity index (χ1) is 9.16. The van der Waals surface area contributed by atoms with Crippen molar-refractivity contribution in [2.45, 2.75) is 26.2 Å². The molecule has 19 heavy (non-hydrogen) atoms. The summed E-state index contributed by atoms with van der Waals surface area (Å²) in [6, 6.07) is 5.58. The number of hydrogen-bond acceptors (Lipinski definition) is 3. The monoisotopic (exact) mass is 325 g/mol. The molecular formula is C15H20BrNO2. The zero-order valence-electron chi connectivity index (χ0n) is 11.3. The minimum absolute atomic E-state index is 0.0364. The van der Waals surface area contributed by atoms with Gasteiger partial charge in [-0.25, -0.2) is 0 Å². The van der Waals surface area contributed by atoms with Gasteiger partial charge < -0.3 is 4.74 Å². The molecule has 1 aliphatic rings. The van der Waals surface area contributed by atoms with Crippen LogP contribution in [0.2, 0.25) is 0 Å². The predicted molar refractivity (Wildman–Crippen MR) is 79.9 cm³/mol. The summed E-state index contributed by atoms with van der Waals surface area (Å²) in [5, 5.41) is 0. The first kappa shape index (κ1) is 14.5. The van der Waals surface area contributed by atoms with Crippen LogP contribution in [0, 0.1) is 0 Å². The van der Waals surface area contributed by atoms with Gasteiger partial charge in [-0.3, -0.25) is 9.69 Å². The van der Waals surface area contributed by atoms with E-state index in [-0.39, 0.29) is 5.78 Å². The number of halogens is 1. The van der Waals surface area contributed by atoms with Crippen LogP contribution in [-0.4, -0.2) is 36.9 Å². The maximum atomic E-state index is 11.6. The Balaban J connectivity index is 1.89. The fourth-order valence-electron chi connectivity index (χ4n) is 2.37. The van der Waals surface area contributed by atoms with Crippen LogP contribution in [0.25, 0.3) is 0 Å². The molecule has 3 nitrogen and oxygen atoms in total. The number of ketones is 1. The van der Waals surface area contributed by atoms with Gasteiger partial charge in [0, 0.05) is 11.0 Å². The molecule has 0 aliphatic carbocycles. The Morgan fingerprint density at radius 1 is 1.32 bits per heavy atom. The first-order valence-corrected chi connectivity index (χ1v) is 7.62. The van der Waals surface area contributed by atoms with Gasteiger partial charge in [0.25, 0.3) is 0 Å². The summed E-state index contributed by atoms with van der Waals surface area (Å²) in [5.74, 6) is 0.724. The number of rotatable bonds is 5. The zero-order chi connectivity index (χ0) is 13.7. The molecular weight excluding hydrogens is 306 g/mol. The van der Waals surface area contributed by atoms with Crippen LogP contribution in [-0.2, 0) is 0 Å². The molecule has 1 fully saturated rings. The second kappa shape index (κ2) is 7.06. The molecule has 0 saturated carbocycles. The summed E-state index contributed by atoms with van der Waals surface area (Å²) in [4.78, 5) is 14.0. The number of carbonyl (C=O) groups excluding carboxylic acids is 1. The minimum atomic E-state index is 0.0364. The van der Waals surface area contributed by atoms with Gasteiger partial charge in [-0.1, -0.05) is 22.4 Å². The largest absolute Gasteiger partial charge is 0.491 e. The summed E-state index contributed by atoms with van der Waals surface area (Å²) in [7, 11) is 0. The standard InChI is InChI=1S/C15H20BrNO2/c1-12(18)14-11-13(16)5-6-15(14)19-10-9-17-7-3-2-4-8-17/h5-6,11H,2-4,7-10H2,1H3. The fourth-order valence-corrected chi connectivity index (χ4v) is 2.73. The number of piperidine rings is 1. The van der Waals surface area contributed by atoms with E-state index < -0.39 is 0 Å². The SMILES string of the molecule is CC(=O)c1cc(Br)ccc1OCCN1CCCCC1. The van der Waals surface area contributed by atoms with E-state index in [9.17, 15) is 4.79 Å². The minimum Gasteiger partial charge on any atom is -0.491 e. The highest BCUT2D eigenvalue weighted by atomic mass is 79.9. The number of hydrogen-bond donors (Lipinski definition) is 0. The summed E-state index contributed by atoms with van der Waals surface area (Å²) in [5.41, 5.74) is 0.646. The van der Waals surface area contributed by atoms with Crippen molar-refractivity contribution in [3.05, 3.63) is 28.2 Å². The molecule has 1 saturated heterocycles. The molecule has 0 radical (unpaired) electrons. The number of ether oxygens (including phenoxy) is 1. The van der Waals surface area contributed by atoms with Crippen LogP contribution < -0.4 is 4.74 Å². The summed E-state index contributed by atoms with van der Waals surface area (Å²) in [6.07, 6.45) is 3.92. The Morgan fingerprint density at radius 2 is 2.05 bits per heavy atom. The molecule has 0 atom stereocenters. The maximum absolute atomic E-state index is 11.6. The predicted octanol–water partition coefficient (Wildman–Crippen LogP) is 3.52. The Bertz CT molecular complexity index is 442. The lowest BCUT2D eigenvalue weighted by Crippen LogP contribution is -2.33. The Hall–Kier alpha value is -0.870. The number of benzene rings is 1. The second-order valence-corrected chi connectivity index (χ2v) is 5.86. The lowest BCUT2D eigenvalue weighted by atomic mass is 10.1. The average molecular weight is 326 g/mol. The van der Waals surface area contributed by atoms with Crippen molar-refractivity contribution in [3.63, 3.8) is 0 Å². The zero-order valence-corrected chi connectivity index (χ0v) is 12.9. The van der Waals surface area contributed by atoms with Gasteiger partial charge in [0.2, 0.25) is 0 Å². The van der Waals surface area contributed by atoms with E-state index in [4.69, 9.17) is 4.74 Å². The molecule has 104 valence electrons. The Kier molecular flexibility index (Phi) is 5.40. The third kappa shape index (κ3) is 4.32. The van der Waals surface area contributed by atoms with Crippen LogP contribution in [0.4, 0.5) is 0 Å². The lowest BCUT2D eigenvalue weighted by Gasteiger charge is -2.26. The molecule has 1 aromatic rings. The van der Waals surface area contributed by atoms with Crippen LogP contribution in [0.1, 0.15) is 36.5 Å². The highest BCUT2D eigenvalue weighted by Gasteiger charge is 2.12. The normalized spacial score (nSPS) is 16.3. The van der Waals surface area contributed by atoms with Crippen LogP contribution >= 0.6 is 15.9 Å². The van der Waals surface area contributed by atoms with Crippen molar-refractivity contribution in [2.24, 2.45) is 0 Å². The van der Waals surface area contributed by atoms with Crippen molar-refractivity contribution in [3.8, 4) is 5.75 Å². The van der Waals surface area contributed by atoms with E-state index in [1.165, 1.54) is 32.4 Å². The van der Waals surface area contributed by atoms with Gasteiger partial charge in [0.05, 0.1) is 5.56 Å². The number of nitrogens with zero attached hydrogens (tertiary/aromatic N) is 1. The fraction of sp³-hybridized carbons (Fsp3) is 0.533. The smallest absolute Gasteiger partial charge is 0.163 e. The maximum Gasteiger partial charge on any atom is 0.163 e. The first-order valence-electron chi connectivity index (χ1n) is 6.82. The van der Waals surface area contributed by atoms with Crippen LogP contribution in [0.5, 0.6) is 5.75 Å². The van der Waals surface area contributed by atoms with Gasteiger partial charge >= 0.3 is 0 Å². The molecule has 0 N–H and O–H groups in total. The summed E-state index contributed by atoms with van der Waals surface area (Å²) in [6.45, 7) is 5.49. The topological polar surface area (TPSA) is 29.5 Å². The van der Waals surface area contributed by atoms with Gasteiger partial charge in [0.1, 0.15) is 12.4 Å². The van der Waals surface area contributed by atoms with Crippen molar-refractivity contribution in [1.29, 1.82) is 0 Å². The molecule has 0 aromatic heterocycles. The quantitative estimate of drug-likeness (QED) is 0.776. The summed E-state index contributed by atoms with van der Waals surface area (Å²) >= 11 is 3.38. The van der Waals surface area contributed by atoms with E-state index in [0.717, 1.165) is 11.0 Å². The highest BCUT2D eigenvalue weighted by molar-refractivity contribution is 9.10. The molecule has 2 rings (SSSR count). The highest BCUT2D eigenvalue weighted by Crippen LogP contribution is 2.23. The number of Topliss-reactive ketones (excluding diaryl/α,β-unsaturated/α-hetero) is 1. The van der Waals surface area contributed by atoms with Crippen LogP contribution in [0.3, 0.4) is 0 Å².